The van der Waals surface area contributed by atoms with Crippen molar-refractivity contribution in [3.05, 3.63) is 0 Å². The van der Waals surface area contributed by atoms with Crippen molar-refractivity contribution >= 4 is 5.91 Å². The zero-order chi connectivity index (χ0) is 14.7. The molecule has 0 aromatic heterocycles. The molecule has 3 atom stereocenters. The summed E-state index contributed by atoms with van der Waals surface area (Å²) in [5, 5.41) is 6.76. The summed E-state index contributed by atoms with van der Waals surface area (Å²) in [6.45, 7) is 9.82. The molecule has 1 aliphatic carbocycles. The van der Waals surface area contributed by atoms with Crippen LogP contribution < -0.4 is 10.6 Å². The third-order valence-corrected chi connectivity index (χ3v) is 5.40. The van der Waals surface area contributed by atoms with Gasteiger partial charge in [0.25, 0.3) is 0 Å². The Kier molecular flexibility index (Phi) is 5.48. The summed E-state index contributed by atoms with van der Waals surface area (Å²) in [4.78, 5) is 12.4. The molecule has 1 aliphatic heterocycles. The highest BCUT2D eigenvalue weighted by Crippen LogP contribution is 2.33. The van der Waals surface area contributed by atoms with E-state index >= 15 is 0 Å². The molecule has 0 aromatic rings. The van der Waals surface area contributed by atoms with E-state index in [-0.39, 0.29) is 11.9 Å². The average Bonchev–Trinajstić information content (AvgIpc) is 2.81. The number of hydrogen-bond donors (Lipinski definition) is 2. The fourth-order valence-corrected chi connectivity index (χ4v) is 4.10. The van der Waals surface area contributed by atoms with Gasteiger partial charge in [-0.2, -0.15) is 0 Å². The van der Waals surface area contributed by atoms with Gasteiger partial charge in [0.1, 0.15) is 0 Å². The first-order valence-electron chi connectivity index (χ1n) is 8.52. The van der Waals surface area contributed by atoms with Crippen LogP contribution in [0.5, 0.6) is 0 Å². The van der Waals surface area contributed by atoms with Crippen molar-refractivity contribution in [3.63, 3.8) is 0 Å². The molecule has 1 heterocycles. The van der Waals surface area contributed by atoms with Crippen LogP contribution in [0.4, 0.5) is 0 Å². The van der Waals surface area contributed by atoms with Crippen LogP contribution in [0, 0.1) is 23.7 Å². The van der Waals surface area contributed by atoms with Gasteiger partial charge >= 0.3 is 0 Å². The molecule has 0 spiro atoms. The lowest BCUT2D eigenvalue weighted by Crippen LogP contribution is -2.45. The van der Waals surface area contributed by atoms with Gasteiger partial charge in [0.05, 0.1) is 6.04 Å². The van der Waals surface area contributed by atoms with Gasteiger partial charge < -0.3 is 10.6 Å². The van der Waals surface area contributed by atoms with E-state index < -0.39 is 0 Å². The van der Waals surface area contributed by atoms with E-state index in [9.17, 15) is 4.79 Å². The zero-order valence-corrected chi connectivity index (χ0v) is 13.6. The van der Waals surface area contributed by atoms with Crippen LogP contribution in [0.25, 0.3) is 0 Å². The Morgan fingerprint density at radius 1 is 1.15 bits per heavy atom. The monoisotopic (exact) mass is 280 g/mol. The Balaban J connectivity index is 1.80. The van der Waals surface area contributed by atoms with Gasteiger partial charge in [-0.15, -0.1) is 0 Å². The van der Waals surface area contributed by atoms with Crippen molar-refractivity contribution < 1.29 is 4.79 Å². The first kappa shape index (κ1) is 15.8. The van der Waals surface area contributed by atoms with E-state index in [0.717, 1.165) is 18.9 Å². The molecule has 0 radical (unpaired) electrons. The van der Waals surface area contributed by atoms with Crippen LogP contribution >= 0.6 is 0 Å². The maximum absolute atomic E-state index is 12.4. The van der Waals surface area contributed by atoms with Crippen molar-refractivity contribution in [3.8, 4) is 0 Å². The van der Waals surface area contributed by atoms with Crippen molar-refractivity contribution in [2.75, 3.05) is 6.54 Å². The van der Waals surface area contributed by atoms with Crippen LogP contribution in [0.2, 0.25) is 0 Å². The van der Waals surface area contributed by atoms with E-state index in [1.807, 2.05) is 0 Å². The molecule has 3 heteroatoms. The van der Waals surface area contributed by atoms with Gasteiger partial charge in [0.15, 0.2) is 0 Å². The Morgan fingerprint density at radius 3 is 2.40 bits per heavy atom. The van der Waals surface area contributed by atoms with E-state index in [2.05, 4.69) is 38.3 Å². The Hall–Kier alpha value is -0.570. The second kappa shape index (κ2) is 6.93. The molecule has 2 aliphatic rings. The molecule has 2 fully saturated rings. The maximum Gasteiger partial charge on any atom is 0.237 e. The first-order chi connectivity index (χ1) is 9.49. The largest absolute Gasteiger partial charge is 0.354 e. The SMILES string of the molecule is CC(C)C(CNC(=O)C1CC2CCCCC2N1)C(C)C. The molecule has 1 saturated heterocycles. The number of carbonyl (C=O) groups excluding carboxylic acids is 1. The smallest absolute Gasteiger partial charge is 0.237 e. The normalized spacial score (nSPS) is 30.1. The molecular weight excluding hydrogens is 248 g/mol. The molecule has 3 unspecified atom stereocenters. The fraction of sp³-hybridized carbons (Fsp3) is 0.941. The Bertz CT molecular complexity index is 305. The van der Waals surface area contributed by atoms with Gasteiger partial charge in [-0.3, -0.25) is 4.79 Å². The molecule has 20 heavy (non-hydrogen) atoms. The Labute approximate surface area is 124 Å². The number of carbonyl (C=O) groups is 1. The van der Waals surface area contributed by atoms with Crippen molar-refractivity contribution in [2.24, 2.45) is 23.7 Å². The quantitative estimate of drug-likeness (QED) is 0.813. The van der Waals surface area contributed by atoms with Crippen LogP contribution in [-0.2, 0) is 4.79 Å². The topological polar surface area (TPSA) is 41.1 Å². The lowest BCUT2D eigenvalue weighted by atomic mass is 9.84. The van der Waals surface area contributed by atoms with E-state index in [1.54, 1.807) is 0 Å². The molecule has 0 bridgehead atoms. The summed E-state index contributed by atoms with van der Waals surface area (Å²) in [6, 6.07) is 0.661. The third-order valence-electron chi connectivity index (χ3n) is 5.40. The predicted molar refractivity (Wildman–Crippen MR) is 83.5 cm³/mol. The summed E-state index contributed by atoms with van der Waals surface area (Å²) in [7, 11) is 0. The van der Waals surface area contributed by atoms with Crippen molar-refractivity contribution in [1.82, 2.24) is 10.6 Å². The second-order valence-electron chi connectivity index (χ2n) is 7.50. The highest BCUT2D eigenvalue weighted by atomic mass is 16.2. The van der Waals surface area contributed by atoms with Gasteiger partial charge in [-0.1, -0.05) is 40.5 Å². The number of rotatable bonds is 5. The number of fused-ring (bicyclic) bond motifs is 1. The minimum Gasteiger partial charge on any atom is -0.354 e. The van der Waals surface area contributed by atoms with Crippen molar-refractivity contribution in [2.45, 2.75) is 71.9 Å². The van der Waals surface area contributed by atoms with E-state index in [0.29, 0.717) is 23.8 Å². The molecule has 2 N–H and O–H groups in total. The lowest BCUT2D eigenvalue weighted by molar-refractivity contribution is -0.123. The van der Waals surface area contributed by atoms with Crippen molar-refractivity contribution in [1.29, 1.82) is 0 Å². The highest BCUT2D eigenvalue weighted by molar-refractivity contribution is 5.82. The van der Waals surface area contributed by atoms with E-state index in [4.69, 9.17) is 0 Å². The number of amides is 1. The molecule has 116 valence electrons. The highest BCUT2D eigenvalue weighted by Gasteiger charge is 2.38. The third kappa shape index (κ3) is 3.75. The van der Waals surface area contributed by atoms with Gasteiger partial charge in [-0.25, -0.2) is 0 Å². The summed E-state index contributed by atoms with van der Waals surface area (Å²) >= 11 is 0. The van der Waals surface area contributed by atoms with Crippen LogP contribution in [0.3, 0.4) is 0 Å². The molecule has 3 nitrogen and oxygen atoms in total. The minimum absolute atomic E-state index is 0.0584. The minimum atomic E-state index is 0.0584. The molecular formula is C17H32N2O. The first-order valence-corrected chi connectivity index (χ1v) is 8.52. The van der Waals surface area contributed by atoms with Crippen LogP contribution in [0.1, 0.15) is 59.8 Å². The summed E-state index contributed by atoms with van der Waals surface area (Å²) in [5.74, 6) is 2.78. The van der Waals surface area contributed by atoms with Gasteiger partial charge in [0.2, 0.25) is 5.91 Å². The Morgan fingerprint density at radius 2 is 1.80 bits per heavy atom. The standard InChI is InChI=1S/C17H32N2O/c1-11(2)14(12(3)4)10-18-17(20)16-9-13-7-5-6-8-15(13)19-16/h11-16,19H,5-10H2,1-4H3,(H,18,20). The number of hydrogen-bond acceptors (Lipinski definition) is 2. The predicted octanol–water partition coefficient (Wildman–Crippen LogP) is 2.95. The molecule has 2 rings (SSSR count). The molecule has 0 aromatic carbocycles. The summed E-state index contributed by atoms with van der Waals surface area (Å²) in [5.41, 5.74) is 0. The fourth-order valence-electron chi connectivity index (χ4n) is 4.10. The summed E-state index contributed by atoms with van der Waals surface area (Å²) < 4.78 is 0. The zero-order valence-electron chi connectivity index (χ0n) is 13.6. The average molecular weight is 280 g/mol. The van der Waals surface area contributed by atoms with Gasteiger partial charge in [-0.05, 0) is 42.9 Å². The summed E-state index contributed by atoms with van der Waals surface area (Å²) in [6.07, 6.45) is 6.28. The van der Waals surface area contributed by atoms with Crippen LogP contribution in [0.15, 0.2) is 0 Å². The molecule has 1 saturated carbocycles. The second-order valence-corrected chi connectivity index (χ2v) is 7.50. The van der Waals surface area contributed by atoms with Gasteiger partial charge in [0, 0.05) is 12.6 Å². The number of nitrogens with one attached hydrogen (secondary N) is 2. The maximum atomic E-state index is 12.4. The van der Waals surface area contributed by atoms with Crippen LogP contribution in [-0.4, -0.2) is 24.5 Å². The lowest BCUT2D eigenvalue weighted by Gasteiger charge is -2.26. The van der Waals surface area contributed by atoms with E-state index in [1.165, 1.54) is 25.7 Å². The molecule has 1 amide bonds.